The summed E-state index contributed by atoms with van der Waals surface area (Å²) in [5, 5.41) is 0.729. The molecule has 0 spiro atoms. The number of thioether (sulfide) groups is 1. The molecule has 1 heterocycles. The van der Waals surface area contributed by atoms with Crippen molar-refractivity contribution >= 4 is 17.8 Å². The van der Waals surface area contributed by atoms with Crippen LogP contribution in [-0.2, 0) is 0 Å². The molecule has 0 aromatic heterocycles. The Balaban J connectivity index is 1.97. The number of methoxy groups -OCH3 is 1. The summed E-state index contributed by atoms with van der Waals surface area (Å²) in [5.41, 5.74) is 1.25. The van der Waals surface area contributed by atoms with E-state index in [4.69, 9.17) is 4.74 Å². The van der Waals surface area contributed by atoms with Gasteiger partial charge in [-0.1, -0.05) is 24.3 Å². The second-order valence-electron chi connectivity index (χ2n) is 3.68. The van der Waals surface area contributed by atoms with Gasteiger partial charge in [0.05, 0.1) is 7.11 Å². The lowest BCUT2D eigenvalue weighted by Crippen LogP contribution is -1.88. The van der Waals surface area contributed by atoms with E-state index in [0.29, 0.717) is 0 Å². The SMILES string of the molecule is COc1ccc(C=CC2CCCS2)cc1. The third-order valence-electron chi connectivity index (χ3n) is 2.58. The van der Waals surface area contributed by atoms with Crippen molar-refractivity contribution in [1.29, 1.82) is 0 Å². The van der Waals surface area contributed by atoms with Crippen LogP contribution in [0.2, 0.25) is 0 Å². The molecule has 0 radical (unpaired) electrons. The molecule has 0 amide bonds. The fourth-order valence-electron chi connectivity index (χ4n) is 1.69. The third-order valence-corrected chi connectivity index (χ3v) is 3.93. The van der Waals surface area contributed by atoms with E-state index in [2.05, 4.69) is 36.0 Å². The van der Waals surface area contributed by atoms with Crippen LogP contribution in [0, 0.1) is 0 Å². The van der Waals surface area contributed by atoms with Crippen LogP contribution >= 0.6 is 11.8 Å². The topological polar surface area (TPSA) is 9.23 Å². The maximum absolute atomic E-state index is 5.12. The van der Waals surface area contributed by atoms with E-state index in [1.807, 2.05) is 12.1 Å². The quantitative estimate of drug-likeness (QED) is 0.769. The van der Waals surface area contributed by atoms with Gasteiger partial charge in [0.25, 0.3) is 0 Å². The molecular weight excluding hydrogens is 204 g/mol. The molecule has 2 heteroatoms. The summed E-state index contributed by atoms with van der Waals surface area (Å²) in [6.07, 6.45) is 7.22. The molecule has 1 aromatic carbocycles. The van der Waals surface area contributed by atoms with Gasteiger partial charge in [0, 0.05) is 5.25 Å². The van der Waals surface area contributed by atoms with Crippen LogP contribution in [0.4, 0.5) is 0 Å². The highest BCUT2D eigenvalue weighted by Crippen LogP contribution is 2.27. The van der Waals surface area contributed by atoms with Crippen LogP contribution in [0.25, 0.3) is 6.08 Å². The standard InChI is InChI=1S/C13H16OS/c1-14-12-7-4-11(5-8-12)6-9-13-3-2-10-15-13/h4-9,13H,2-3,10H2,1H3. The Hall–Kier alpha value is -0.890. The lowest BCUT2D eigenvalue weighted by molar-refractivity contribution is 0.415. The Labute approximate surface area is 95.5 Å². The summed E-state index contributed by atoms with van der Waals surface area (Å²) in [5.74, 6) is 2.24. The first-order valence-corrected chi connectivity index (χ1v) is 6.37. The van der Waals surface area contributed by atoms with Crippen LogP contribution in [0.5, 0.6) is 5.75 Å². The van der Waals surface area contributed by atoms with Crippen molar-refractivity contribution in [2.24, 2.45) is 0 Å². The first kappa shape index (κ1) is 10.6. The zero-order valence-corrected chi connectivity index (χ0v) is 9.80. The van der Waals surface area contributed by atoms with Crippen LogP contribution in [0.1, 0.15) is 18.4 Å². The van der Waals surface area contributed by atoms with Crippen molar-refractivity contribution in [3.8, 4) is 5.75 Å². The van der Waals surface area contributed by atoms with Crippen molar-refractivity contribution in [2.75, 3.05) is 12.9 Å². The maximum Gasteiger partial charge on any atom is 0.118 e. The molecule has 15 heavy (non-hydrogen) atoms. The molecule has 1 aliphatic rings. The minimum absolute atomic E-state index is 0.729. The van der Waals surface area contributed by atoms with Crippen LogP contribution < -0.4 is 4.74 Å². The predicted molar refractivity (Wildman–Crippen MR) is 67.5 cm³/mol. The molecule has 1 atom stereocenters. The van der Waals surface area contributed by atoms with Crippen molar-refractivity contribution in [3.63, 3.8) is 0 Å². The molecule has 1 fully saturated rings. The van der Waals surface area contributed by atoms with Gasteiger partial charge in [-0.3, -0.25) is 0 Å². The van der Waals surface area contributed by atoms with Gasteiger partial charge in [0.2, 0.25) is 0 Å². The second kappa shape index (κ2) is 5.26. The van der Waals surface area contributed by atoms with Gasteiger partial charge in [0.15, 0.2) is 0 Å². The smallest absolute Gasteiger partial charge is 0.118 e. The fourth-order valence-corrected chi connectivity index (χ4v) is 2.85. The molecule has 1 nitrogen and oxygen atoms in total. The zero-order valence-electron chi connectivity index (χ0n) is 8.98. The number of hydrogen-bond donors (Lipinski definition) is 0. The van der Waals surface area contributed by atoms with Crippen molar-refractivity contribution in [1.82, 2.24) is 0 Å². The molecule has 1 aromatic rings. The molecule has 1 saturated heterocycles. The molecule has 1 aliphatic heterocycles. The average Bonchev–Trinajstić information content (AvgIpc) is 2.80. The minimum atomic E-state index is 0.729. The Bertz CT molecular complexity index is 323. The lowest BCUT2D eigenvalue weighted by atomic mass is 10.1. The largest absolute Gasteiger partial charge is 0.497 e. The molecule has 0 N–H and O–H groups in total. The Morgan fingerprint density at radius 2 is 2.13 bits per heavy atom. The third kappa shape index (κ3) is 3.03. The predicted octanol–water partition coefficient (Wildman–Crippen LogP) is 3.60. The zero-order chi connectivity index (χ0) is 10.5. The molecular formula is C13H16OS. The molecule has 2 rings (SSSR count). The first-order valence-electron chi connectivity index (χ1n) is 5.32. The second-order valence-corrected chi connectivity index (χ2v) is 5.03. The van der Waals surface area contributed by atoms with E-state index in [9.17, 15) is 0 Å². The average molecular weight is 220 g/mol. The van der Waals surface area contributed by atoms with Crippen LogP contribution in [0.15, 0.2) is 30.3 Å². The lowest BCUT2D eigenvalue weighted by Gasteiger charge is -2.01. The summed E-state index contributed by atoms with van der Waals surface area (Å²) >= 11 is 2.06. The monoisotopic (exact) mass is 220 g/mol. The summed E-state index contributed by atoms with van der Waals surface area (Å²) in [6.45, 7) is 0. The van der Waals surface area contributed by atoms with Gasteiger partial charge in [-0.2, -0.15) is 11.8 Å². The summed E-state index contributed by atoms with van der Waals surface area (Å²) in [4.78, 5) is 0. The van der Waals surface area contributed by atoms with Gasteiger partial charge in [-0.25, -0.2) is 0 Å². The highest BCUT2D eigenvalue weighted by molar-refractivity contribution is 8.00. The van der Waals surface area contributed by atoms with E-state index < -0.39 is 0 Å². The Morgan fingerprint density at radius 1 is 1.33 bits per heavy atom. The van der Waals surface area contributed by atoms with Gasteiger partial charge in [-0.05, 0) is 36.3 Å². The van der Waals surface area contributed by atoms with Crippen LogP contribution in [0.3, 0.4) is 0 Å². The number of ether oxygens (including phenoxy) is 1. The van der Waals surface area contributed by atoms with E-state index in [0.717, 1.165) is 11.0 Å². The molecule has 0 saturated carbocycles. The van der Waals surface area contributed by atoms with Gasteiger partial charge in [0.1, 0.15) is 5.75 Å². The van der Waals surface area contributed by atoms with Gasteiger partial charge < -0.3 is 4.74 Å². The van der Waals surface area contributed by atoms with Gasteiger partial charge >= 0.3 is 0 Å². The molecule has 0 bridgehead atoms. The molecule has 80 valence electrons. The van der Waals surface area contributed by atoms with Crippen molar-refractivity contribution < 1.29 is 4.74 Å². The summed E-state index contributed by atoms with van der Waals surface area (Å²) in [6, 6.07) is 8.19. The maximum atomic E-state index is 5.12. The van der Waals surface area contributed by atoms with E-state index in [1.54, 1.807) is 7.11 Å². The summed E-state index contributed by atoms with van der Waals surface area (Å²) in [7, 11) is 1.69. The van der Waals surface area contributed by atoms with E-state index in [-0.39, 0.29) is 0 Å². The van der Waals surface area contributed by atoms with E-state index >= 15 is 0 Å². The van der Waals surface area contributed by atoms with Crippen molar-refractivity contribution in [2.45, 2.75) is 18.1 Å². The highest BCUT2D eigenvalue weighted by atomic mass is 32.2. The van der Waals surface area contributed by atoms with E-state index in [1.165, 1.54) is 24.2 Å². The summed E-state index contributed by atoms with van der Waals surface area (Å²) < 4.78 is 5.12. The fraction of sp³-hybridized carbons (Fsp3) is 0.385. The molecule has 1 unspecified atom stereocenters. The normalized spacial score (nSPS) is 21.0. The van der Waals surface area contributed by atoms with Gasteiger partial charge in [-0.15, -0.1) is 0 Å². The number of rotatable bonds is 3. The minimum Gasteiger partial charge on any atom is -0.497 e. The Morgan fingerprint density at radius 3 is 2.73 bits per heavy atom. The molecule has 0 aliphatic carbocycles. The number of hydrogen-bond acceptors (Lipinski definition) is 2. The van der Waals surface area contributed by atoms with Crippen molar-refractivity contribution in [3.05, 3.63) is 35.9 Å². The highest BCUT2D eigenvalue weighted by Gasteiger charge is 2.11. The van der Waals surface area contributed by atoms with Crippen LogP contribution in [-0.4, -0.2) is 18.1 Å². The first-order chi connectivity index (χ1) is 7.38. The number of benzene rings is 1. The Kier molecular flexibility index (Phi) is 3.73.